The zero-order valence-electron chi connectivity index (χ0n) is 12.4. The van der Waals surface area contributed by atoms with E-state index in [1.807, 2.05) is 6.92 Å². The van der Waals surface area contributed by atoms with Crippen LogP contribution in [0.1, 0.15) is 11.1 Å². The smallest absolute Gasteiger partial charge is 0.250 e. The van der Waals surface area contributed by atoms with E-state index in [1.165, 1.54) is 27.3 Å². The summed E-state index contributed by atoms with van der Waals surface area (Å²) < 4.78 is 30.2. The van der Waals surface area contributed by atoms with E-state index in [4.69, 9.17) is 4.74 Å². The van der Waals surface area contributed by atoms with Gasteiger partial charge in [0.1, 0.15) is 6.61 Å². The van der Waals surface area contributed by atoms with Crippen LogP contribution in [0.5, 0.6) is 0 Å². The number of nitrogens with zero attached hydrogens (tertiary/aromatic N) is 1. The number of carbonyl (C=O) groups is 1. The van der Waals surface area contributed by atoms with E-state index in [0.717, 1.165) is 15.4 Å². The van der Waals surface area contributed by atoms with Crippen molar-refractivity contribution in [2.45, 2.75) is 18.7 Å². The Morgan fingerprint density at radius 2 is 1.90 bits per heavy atom. The molecule has 1 rings (SSSR count). The second-order valence-electron chi connectivity index (χ2n) is 4.68. The highest BCUT2D eigenvalue weighted by atomic mass is 32.2. The highest BCUT2D eigenvalue weighted by molar-refractivity contribution is 7.89. The SMILES string of the molecule is COCC(=O)Nc1cc(S(=O)(=O)N(C)C)cc(C)c1C. The summed E-state index contributed by atoms with van der Waals surface area (Å²) in [6.07, 6.45) is 0. The number of benzene rings is 1. The molecule has 20 heavy (non-hydrogen) atoms. The van der Waals surface area contributed by atoms with Crippen LogP contribution in [-0.2, 0) is 19.6 Å². The van der Waals surface area contributed by atoms with E-state index in [1.54, 1.807) is 13.0 Å². The Morgan fingerprint density at radius 3 is 2.40 bits per heavy atom. The van der Waals surface area contributed by atoms with Crippen molar-refractivity contribution in [3.8, 4) is 0 Å². The molecule has 0 aliphatic rings. The van der Waals surface area contributed by atoms with Crippen molar-refractivity contribution in [3.63, 3.8) is 0 Å². The van der Waals surface area contributed by atoms with Gasteiger partial charge in [0.05, 0.1) is 4.90 Å². The molecule has 0 aliphatic carbocycles. The average molecular weight is 300 g/mol. The molecule has 0 atom stereocenters. The molecule has 0 unspecified atom stereocenters. The van der Waals surface area contributed by atoms with Crippen LogP contribution < -0.4 is 5.32 Å². The number of sulfonamides is 1. The third kappa shape index (κ3) is 3.56. The van der Waals surface area contributed by atoms with Crippen LogP contribution in [0.2, 0.25) is 0 Å². The Hall–Kier alpha value is -1.44. The Morgan fingerprint density at radius 1 is 1.30 bits per heavy atom. The molecule has 0 fully saturated rings. The molecule has 0 radical (unpaired) electrons. The van der Waals surface area contributed by atoms with E-state index < -0.39 is 10.0 Å². The van der Waals surface area contributed by atoms with Gasteiger partial charge >= 0.3 is 0 Å². The van der Waals surface area contributed by atoms with Gasteiger partial charge in [0, 0.05) is 26.9 Å². The van der Waals surface area contributed by atoms with Gasteiger partial charge in [0.2, 0.25) is 15.9 Å². The third-order valence-electron chi connectivity index (χ3n) is 2.97. The van der Waals surface area contributed by atoms with Gasteiger partial charge in [-0.2, -0.15) is 0 Å². The Kier molecular flexibility index (Phi) is 5.27. The lowest BCUT2D eigenvalue weighted by Crippen LogP contribution is -2.23. The number of amides is 1. The Labute approximate surface area is 119 Å². The number of carbonyl (C=O) groups excluding carboxylic acids is 1. The van der Waals surface area contributed by atoms with Crippen LogP contribution in [0.4, 0.5) is 5.69 Å². The molecular formula is C13H20N2O4S. The number of nitrogens with one attached hydrogen (secondary N) is 1. The molecule has 7 heteroatoms. The minimum absolute atomic E-state index is 0.0802. The summed E-state index contributed by atoms with van der Waals surface area (Å²) >= 11 is 0. The van der Waals surface area contributed by atoms with Gasteiger partial charge in [0.15, 0.2) is 0 Å². The molecule has 0 heterocycles. The number of aryl methyl sites for hydroxylation is 1. The van der Waals surface area contributed by atoms with Crippen LogP contribution in [-0.4, -0.2) is 46.4 Å². The lowest BCUT2D eigenvalue weighted by molar-refractivity contribution is -0.119. The first-order valence-corrected chi connectivity index (χ1v) is 7.46. The summed E-state index contributed by atoms with van der Waals surface area (Å²) in [6, 6.07) is 3.06. The summed E-state index contributed by atoms with van der Waals surface area (Å²) in [7, 11) is 0.817. The molecule has 0 saturated carbocycles. The minimum atomic E-state index is -3.54. The number of ether oxygens (including phenoxy) is 1. The molecule has 0 saturated heterocycles. The van der Waals surface area contributed by atoms with Crippen molar-refractivity contribution in [3.05, 3.63) is 23.3 Å². The van der Waals surface area contributed by atoms with Crippen LogP contribution in [0.25, 0.3) is 0 Å². The first-order valence-electron chi connectivity index (χ1n) is 6.02. The van der Waals surface area contributed by atoms with Crippen LogP contribution in [0, 0.1) is 13.8 Å². The second-order valence-corrected chi connectivity index (χ2v) is 6.83. The normalized spacial score (nSPS) is 11.7. The standard InChI is InChI=1S/C13H20N2O4S/c1-9-6-11(20(17,18)15(3)4)7-12(10(9)2)14-13(16)8-19-5/h6-7H,8H2,1-5H3,(H,14,16). The van der Waals surface area contributed by atoms with Crippen molar-refractivity contribution in [1.29, 1.82) is 0 Å². The fraction of sp³-hybridized carbons (Fsp3) is 0.462. The monoisotopic (exact) mass is 300 g/mol. The number of hydrogen-bond donors (Lipinski definition) is 1. The summed E-state index contributed by atoms with van der Waals surface area (Å²) in [5.74, 6) is -0.325. The highest BCUT2D eigenvalue weighted by Gasteiger charge is 2.20. The van der Waals surface area contributed by atoms with Gasteiger partial charge < -0.3 is 10.1 Å². The van der Waals surface area contributed by atoms with Crippen LogP contribution >= 0.6 is 0 Å². The van der Waals surface area contributed by atoms with Gasteiger partial charge in [-0.1, -0.05) is 0 Å². The first kappa shape index (κ1) is 16.6. The van der Waals surface area contributed by atoms with Gasteiger partial charge in [-0.3, -0.25) is 4.79 Å². The molecule has 112 valence electrons. The predicted molar refractivity (Wildman–Crippen MR) is 77.3 cm³/mol. The maximum atomic E-state index is 12.1. The molecule has 1 N–H and O–H groups in total. The van der Waals surface area contributed by atoms with Gasteiger partial charge in [-0.05, 0) is 37.1 Å². The van der Waals surface area contributed by atoms with Gasteiger partial charge in [-0.15, -0.1) is 0 Å². The lowest BCUT2D eigenvalue weighted by Gasteiger charge is -2.16. The average Bonchev–Trinajstić information content (AvgIpc) is 2.34. The number of methoxy groups -OCH3 is 1. The minimum Gasteiger partial charge on any atom is -0.375 e. The largest absolute Gasteiger partial charge is 0.375 e. The third-order valence-corrected chi connectivity index (χ3v) is 4.76. The second kappa shape index (κ2) is 6.34. The van der Waals surface area contributed by atoms with Crippen LogP contribution in [0.3, 0.4) is 0 Å². The number of anilines is 1. The molecular weight excluding hydrogens is 280 g/mol. The Balaban J connectivity index is 3.27. The molecule has 6 nitrogen and oxygen atoms in total. The maximum absolute atomic E-state index is 12.1. The predicted octanol–water partition coefficient (Wildman–Crippen LogP) is 1.14. The van der Waals surface area contributed by atoms with Crippen molar-refractivity contribution < 1.29 is 17.9 Å². The fourth-order valence-electron chi connectivity index (χ4n) is 1.63. The maximum Gasteiger partial charge on any atom is 0.250 e. The van der Waals surface area contributed by atoms with Crippen molar-refractivity contribution >= 4 is 21.6 Å². The quantitative estimate of drug-likeness (QED) is 0.884. The van der Waals surface area contributed by atoms with Crippen molar-refractivity contribution in [2.24, 2.45) is 0 Å². The molecule has 1 aromatic carbocycles. The summed E-state index contributed by atoms with van der Waals surface area (Å²) in [5.41, 5.74) is 2.10. The van der Waals surface area contributed by atoms with Gasteiger partial charge in [-0.25, -0.2) is 12.7 Å². The summed E-state index contributed by atoms with van der Waals surface area (Å²) in [4.78, 5) is 11.7. The van der Waals surface area contributed by atoms with E-state index in [-0.39, 0.29) is 17.4 Å². The molecule has 0 aliphatic heterocycles. The topological polar surface area (TPSA) is 75.7 Å². The highest BCUT2D eigenvalue weighted by Crippen LogP contribution is 2.25. The van der Waals surface area contributed by atoms with E-state index in [0.29, 0.717) is 5.69 Å². The van der Waals surface area contributed by atoms with Gasteiger partial charge in [0.25, 0.3) is 0 Å². The fourth-order valence-corrected chi connectivity index (χ4v) is 2.65. The summed E-state index contributed by atoms with van der Waals surface area (Å²) in [5, 5.41) is 2.66. The molecule has 1 aromatic rings. The number of hydrogen-bond acceptors (Lipinski definition) is 4. The van der Waals surface area contributed by atoms with E-state index in [9.17, 15) is 13.2 Å². The molecule has 1 amide bonds. The van der Waals surface area contributed by atoms with Crippen molar-refractivity contribution in [1.82, 2.24) is 4.31 Å². The zero-order chi connectivity index (χ0) is 15.5. The van der Waals surface area contributed by atoms with E-state index in [2.05, 4.69) is 5.32 Å². The number of rotatable bonds is 5. The molecule has 0 aromatic heterocycles. The van der Waals surface area contributed by atoms with E-state index >= 15 is 0 Å². The molecule has 0 spiro atoms. The Bertz CT molecular complexity index is 609. The lowest BCUT2D eigenvalue weighted by atomic mass is 10.1. The van der Waals surface area contributed by atoms with Crippen molar-refractivity contribution in [2.75, 3.05) is 33.1 Å². The zero-order valence-corrected chi connectivity index (χ0v) is 13.2. The van der Waals surface area contributed by atoms with Crippen LogP contribution in [0.15, 0.2) is 17.0 Å². The molecule has 0 bridgehead atoms. The first-order chi connectivity index (χ1) is 9.20. The summed E-state index contributed by atoms with van der Waals surface area (Å²) in [6.45, 7) is 3.54.